The molecule has 0 bridgehead atoms. The van der Waals surface area contributed by atoms with Crippen molar-refractivity contribution in [3.63, 3.8) is 0 Å². The van der Waals surface area contributed by atoms with E-state index in [-0.39, 0.29) is 31.4 Å². The maximum Gasteiger partial charge on any atom is 0.472 e. The second kappa shape index (κ2) is 39.4. The van der Waals surface area contributed by atoms with Crippen LogP contribution in [-0.2, 0) is 37.5 Å². The number of allylic oxidation sites excluding steroid dienone is 13. The first kappa shape index (κ1) is 63.8. The lowest BCUT2D eigenvalue weighted by Gasteiger charge is -2.41. The number of rotatable bonds is 39. The molecule has 1 aliphatic rings. The highest BCUT2D eigenvalue weighted by Gasteiger charge is 2.51. The van der Waals surface area contributed by atoms with Crippen molar-refractivity contribution in [1.82, 2.24) is 0 Å². The number of nitrogens with two attached hydrogens (primary N) is 1. The van der Waals surface area contributed by atoms with Gasteiger partial charge in [-0.25, -0.2) is 4.57 Å². The molecular weight excluding hydrogens is 934 g/mol. The van der Waals surface area contributed by atoms with Crippen LogP contribution in [0.3, 0.4) is 0 Å². The lowest BCUT2D eigenvalue weighted by Crippen LogP contribution is -2.64. The van der Waals surface area contributed by atoms with Gasteiger partial charge in [0.1, 0.15) is 49.3 Å². The first-order chi connectivity index (χ1) is 33.0. The zero-order valence-corrected chi connectivity index (χ0v) is 42.2. The van der Waals surface area contributed by atoms with Crippen LogP contribution in [0.4, 0.5) is 0 Å². The zero-order valence-electron chi connectivity index (χ0n) is 40.5. The second-order valence-corrected chi connectivity index (χ2v) is 19.4. The quantitative estimate of drug-likeness (QED) is 0.0103. The van der Waals surface area contributed by atoms with E-state index < -0.39 is 99.1 Å². The minimum atomic E-state index is -5.29. The first-order valence-corrected chi connectivity index (χ1v) is 26.9. The SMILES string of the molecule is CCCCC/C=C\C\C=C/C=C/C=C/[C@@H](SC[C@H](N)C(=O)O[C@H](COC(=O)CCCC/C=C\C/C=C\C/C=C\CCCCC)COP(=O)(O)OC1[C@H](O)[C@H](O)C(O)[C@H](O)[C@H]1O)[C@@H](O)CCCC(=O)O. The molecule has 0 spiro atoms. The number of esters is 2. The van der Waals surface area contributed by atoms with Gasteiger partial charge in [-0.05, 0) is 77.0 Å². The Labute approximate surface area is 413 Å². The molecular formula is C50H82NO16PS. The number of unbranched alkanes of at least 4 members (excludes halogenated alkanes) is 8. The van der Waals surface area contributed by atoms with Gasteiger partial charge in [0.05, 0.1) is 12.7 Å². The van der Waals surface area contributed by atoms with Crippen LogP contribution in [0.1, 0.15) is 129 Å². The number of phosphoric ester groups is 1. The van der Waals surface area contributed by atoms with Gasteiger partial charge in [-0.15, -0.1) is 11.8 Å². The van der Waals surface area contributed by atoms with Crippen molar-refractivity contribution < 1.29 is 78.1 Å². The molecule has 0 saturated heterocycles. The molecule has 1 rings (SSSR count). The summed E-state index contributed by atoms with van der Waals surface area (Å²) in [5.74, 6) is -2.81. The average Bonchev–Trinajstić information content (AvgIpc) is 3.32. The van der Waals surface area contributed by atoms with Crippen molar-refractivity contribution >= 4 is 37.5 Å². The van der Waals surface area contributed by atoms with Crippen molar-refractivity contribution in [2.24, 2.45) is 5.73 Å². The van der Waals surface area contributed by atoms with Crippen LogP contribution < -0.4 is 5.73 Å². The fraction of sp³-hybridized carbons (Fsp3) is 0.660. The van der Waals surface area contributed by atoms with Crippen molar-refractivity contribution in [2.45, 2.75) is 190 Å². The first-order valence-electron chi connectivity index (χ1n) is 24.3. The highest BCUT2D eigenvalue weighted by Crippen LogP contribution is 2.47. The average molecular weight is 1020 g/mol. The summed E-state index contributed by atoms with van der Waals surface area (Å²) in [4.78, 5) is 47.6. The Morgan fingerprint density at radius 2 is 1.19 bits per heavy atom. The molecule has 0 aromatic rings. The van der Waals surface area contributed by atoms with E-state index in [1.807, 2.05) is 30.4 Å². The Bertz CT molecular complexity index is 1650. The summed E-state index contributed by atoms with van der Waals surface area (Å²) in [6.45, 7) is 2.77. The fourth-order valence-electron chi connectivity index (χ4n) is 6.60. The minimum Gasteiger partial charge on any atom is -0.481 e. The van der Waals surface area contributed by atoms with Gasteiger partial charge < -0.3 is 55.8 Å². The number of hydrogen-bond donors (Lipinski definition) is 9. The van der Waals surface area contributed by atoms with Gasteiger partial charge in [0.2, 0.25) is 0 Å². The number of aliphatic hydroxyl groups excluding tert-OH is 6. The predicted molar refractivity (Wildman–Crippen MR) is 268 cm³/mol. The summed E-state index contributed by atoms with van der Waals surface area (Å²) >= 11 is 1.11. The third kappa shape index (κ3) is 31.0. The van der Waals surface area contributed by atoms with E-state index in [0.29, 0.717) is 12.8 Å². The summed E-state index contributed by atoms with van der Waals surface area (Å²) in [6.07, 6.45) is 26.7. The standard InChI is InChI=1S/C50H82NO16PS/c1-3-5-7-9-11-13-15-17-18-19-21-23-25-27-29-34-43(55)64-35-38(36-65-68(62,63)67-49-47(59)45(57)44(56)46(58)48(49)60)66-50(61)39(51)37-69-41(40(52)31-30-33-42(53)54)32-28-26-24-22-20-16-14-12-10-8-6-4-2/h11-14,17-18,20-24,26,28,32,38-41,44-49,52,56-60H,3-10,15-16,19,25,27,29-31,33-37,51H2,1-2H3,(H,53,54)(H,62,63)/b13-11-,14-12-,18-17-,22-20-,23-21-,26-24+,32-28+/t38-,39+,40+,41-,44?,45-,46+,47-,48-,49?/m1/s1. The number of hydrogen-bond acceptors (Lipinski definition) is 16. The van der Waals surface area contributed by atoms with Crippen LogP contribution in [0, 0.1) is 0 Å². The third-order valence-corrected chi connectivity index (χ3v) is 13.1. The van der Waals surface area contributed by atoms with E-state index in [1.54, 1.807) is 18.2 Å². The summed E-state index contributed by atoms with van der Waals surface area (Å²) in [7, 11) is -5.29. The zero-order chi connectivity index (χ0) is 51.3. The Morgan fingerprint density at radius 1 is 0.667 bits per heavy atom. The van der Waals surface area contributed by atoms with Gasteiger partial charge in [-0.2, -0.15) is 0 Å². The molecule has 0 aliphatic heterocycles. The van der Waals surface area contributed by atoms with Gasteiger partial charge >= 0.3 is 25.7 Å². The van der Waals surface area contributed by atoms with Crippen molar-refractivity contribution in [3.8, 4) is 0 Å². The highest BCUT2D eigenvalue weighted by molar-refractivity contribution is 8.00. The minimum absolute atomic E-state index is 0.0112. The van der Waals surface area contributed by atoms with Gasteiger partial charge in [0, 0.05) is 23.8 Å². The number of aliphatic hydroxyl groups is 6. The number of ether oxygens (including phenoxy) is 2. The topological polar surface area (TPSA) is 293 Å². The summed E-state index contributed by atoms with van der Waals surface area (Å²) in [6, 6.07) is -1.34. The Kier molecular flexibility index (Phi) is 36.4. The van der Waals surface area contributed by atoms with Crippen LogP contribution in [0.2, 0.25) is 0 Å². The van der Waals surface area contributed by atoms with Gasteiger partial charge in [0.25, 0.3) is 0 Å². The molecule has 69 heavy (non-hydrogen) atoms. The molecule has 1 saturated carbocycles. The van der Waals surface area contributed by atoms with Gasteiger partial charge in [-0.1, -0.05) is 125 Å². The molecule has 11 atom stereocenters. The molecule has 10 N–H and O–H groups in total. The highest BCUT2D eigenvalue weighted by atomic mass is 32.2. The number of phosphoric acid groups is 1. The maximum atomic E-state index is 13.3. The third-order valence-electron chi connectivity index (χ3n) is 10.7. The fourth-order valence-corrected chi connectivity index (χ4v) is 8.70. The molecule has 3 unspecified atom stereocenters. The lowest BCUT2D eigenvalue weighted by atomic mass is 9.85. The molecule has 1 fully saturated rings. The number of carboxylic acid groups (broad SMARTS) is 1. The van der Waals surface area contributed by atoms with Crippen LogP contribution in [-0.4, -0.2) is 138 Å². The smallest absolute Gasteiger partial charge is 0.472 e. The van der Waals surface area contributed by atoms with Gasteiger partial charge in [0.15, 0.2) is 6.10 Å². The monoisotopic (exact) mass is 1020 g/mol. The van der Waals surface area contributed by atoms with E-state index in [4.69, 9.17) is 29.4 Å². The van der Waals surface area contributed by atoms with Crippen LogP contribution in [0.5, 0.6) is 0 Å². The van der Waals surface area contributed by atoms with Crippen molar-refractivity contribution in [1.29, 1.82) is 0 Å². The summed E-state index contributed by atoms with van der Waals surface area (Å²) in [5, 5.41) is 69.9. The molecule has 19 heteroatoms. The Hall–Kier alpha value is -3.23. The van der Waals surface area contributed by atoms with Crippen molar-refractivity contribution in [2.75, 3.05) is 19.0 Å². The van der Waals surface area contributed by atoms with E-state index in [2.05, 4.69) is 50.3 Å². The molecule has 0 aromatic heterocycles. The van der Waals surface area contributed by atoms with E-state index in [9.17, 15) is 54.5 Å². The number of thioether (sulfide) groups is 1. The van der Waals surface area contributed by atoms with Crippen LogP contribution in [0.15, 0.2) is 85.1 Å². The molecule has 0 amide bonds. The number of aliphatic carboxylic acids is 1. The summed E-state index contributed by atoms with van der Waals surface area (Å²) in [5.41, 5.74) is 6.20. The van der Waals surface area contributed by atoms with Crippen LogP contribution in [0.25, 0.3) is 0 Å². The van der Waals surface area contributed by atoms with Gasteiger partial charge in [-0.3, -0.25) is 23.4 Å². The number of carboxylic acids is 1. The van der Waals surface area contributed by atoms with E-state index >= 15 is 0 Å². The van der Waals surface area contributed by atoms with Crippen LogP contribution >= 0.6 is 19.6 Å². The van der Waals surface area contributed by atoms with Crippen molar-refractivity contribution in [3.05, 3.63) is 85.1 Å². The molecule has 0 aromatic carbocycles. The van der Waals surface area contributed by atoms with E-state index in [1.165, 1.54) is 32.1 Å². The predicted octanol–water partition coefficient (Wildman–Crippen LogP) is 6.59. The number of carbonyl (C=O) groups is 3. The molecule has 17 nitrogen and oxygen atoms in total. The lowest BCUT2D eigenvalue weighted by molar-refractivity contribution is -0.220. The Morgan fingerprint density at radius 3 is 1.75 bits per heavy atom. The Balaban J connectivity index is 2.94. The largest absolute Gasteiger partial charge is 0.481 e. The maximum absolute atomic E-state index is 13.3. The van der Waals surface area contributed by atoms with E-state index in [0.717, 1.165) is 56.7 Å². The molecule has 0 heterocycles. The normalized spacial score (nSPS) is 22.9. The second-order valence-electron chi connectivity index (χ2n) is 16.8. The molecule has 394 valence electrons. The molecule has 0 radical (unpaired) electrons. The number of carbonyl (C=O) groups excluding carboxylic acids is 2. The summed E-state index contributed by atoms with van der Waals surface area (Å²) < 4.78 is 33.6. The molecule has 1 aliphatic carbocycles.